The highest BCUT2D eigenvalue weighted by molar-refractivity contribution is 7.22. The van der Waals surface area contributed by atoms with Crippen LogP contribution in [0.25, 0.3) is 10.2 Å². The summed E-state index contributed by atoms with van der Waals surface area (Å²) in [6, 6.07) is 3.92. The van der Waals surface area contributed by atoms with E-state index >= 15 is 0 Å². The monoisotopic (exact) mass is 302 g/mol. The van der Waals surface area contributed by atoms with Gasteiger partial charge in [0.25, 0.3) is 0 Å². The number of thiazole rings is 1. The van der Waals surface area contributed by atoms with Crippen LogP contribution in [-0.2, 0) is 6.18 Å². The first kappa shape index (κ1) is 15.1. The van der Waals surface area contributed by atoms with Crippen LogP contribution in [0, 0.1) is 5.92 Å². The van der Waals surface area contributed by atoms with Gasteiger partial charge < -0.3 is 5.32 Å². The Morgan fingerprint density at radius 1 is 1.30 bits per heavy atom. The predicted molar refractivity (Wildman–Crippen MR) is 77.2 cm³/mol. The van der Waals surface area contributed by atoms with Crippen LogP contribution in [0.1, 0.15) is 32.8 Å². The average Bonchev–Trinajstić information content (AvgIpc) is 2.77. The number of hydrogen-bond acceptors (Lipinski definition) is 3. The van der Waals surface area contributed by atoms with Crippen molar-refractivity contribution in [3.8, 4) is 0 Å². The predicted octanol–water partition coefficient (Wildman–Crippen LogP) is 5.16. The molecule has 110 valence electrons. The second-order valence-corrected chi connectivity index (χ2v) is 6.05. The lowest BCUT2D eigenvalue weighted by Crippen LogP contribution is -2.22. The number of nitrogens with one attached hydrogen (secondary N) is 1. The van der Waals surface area contributed by atoms with Gasteiger partial charge in [0.05, 0.1) is 15.8 Å². The molecule has 1 heterocycles. The van der Waals surface area contributed by atoms with Crippen molar-refractivity contribution in [1.29, 1.82) is 0 Å². The molecule has 0 amide bonds. The Hall–Kier alpha value is -1.30. The molecule has 0 saturated heterocycles. The van der Waals surface area contributed by atoms with E-state index in [9.17, 15) is 13.2 Å². The van der Waals surface area contributed by atoms with Gasteiger partial charge in [0.1, 0.15) is 0 Å². The summed E-state index contributed by atoms with van der Waals surface area (Å²) in [5, 5.41) is 3.94. The molecule has 0 fully saturated rings. The molecule has 2 nitrogen and oxygen atoms in total. The van der Waals surface area contributed by atoms with Gasteiger partial charge in [0.15, 0.2) is 5.13 Å². The number of benzene rings is 1. The molecule has 1 N–H and O–H groups in total. The van der Waals surface area contributed by atoms with Gasteiger partial charge >= 0.3 is 6.18 Å². The largest absolute Gasteiger partial charge is 0.416 e. The molecule has 6 heteroatoms. The molecule has 0 spiro atoms. The first-order valence-corrected chi connectivity index (χ1v) is 7.37. The van der Waals surface area contributed by atoms with Gasteiger partial charge in [-0.25, -0.2) is 4.98 Å². The molecular formula is C14H17F3N2S. The van der Waals surface area contributed by atoms with Crippen LogP contribution in [0.4, 0.5) is 18.3 Å². The van der Waals surface area contributed by atoms with E-state index in [-0.39, 0.29) is 6.04 Å². The molecule has 0 aliphatic carbocycles. The third-order valence-corrected chi connectivity index (χ3v) is 4.53. The molecule has 2 atom stereocenters. The Balaban J connectivity index is 2.25. The molecule has 20 heavy (non-hydrogen) atoms. The van der Waals surface area contributed by atoms with E-state index in [2.05, 4.69) is 31.1 Å². The molecule has 1 aromatic carbocycles. The van der Waals surface area contributed by atoms with Crippen molar-refractivity contribution in [3.63, 3.8) is 0 Å². The number of nitrogens with zero attached hydrogens (tertiary/aromatic N) is 1. The fourth-order valence-electron chi connectivity index (χ4n) is 1.86. The van der Waals surface area contributed by atoms with Gasteiger partial charge in [-0.15, -0.1) is 0 Å². The van der Waals surface area contributed by atoms with Crippen LogP contribution in [0.2, 0.25) is 0 Å². The number of hydrogen-bond donors (Lipinski definition) is 1. The van der Waals surface area contributed by atoms with Gasteiger partial charge in [-0.2, -0.15) is 13.2 Å². The third-order valence-electron chi connectivity index (χ3n) is 3.56. The summed E-state index contributed by atoms with van der Waals surface area (Å²) in [5.41, 5.74) is -0.263. The minimum atomic E-state index is -4.32. The Morgan fingerprint density at radius 2 is 2.00 bits per heavy atom. The van der Waals surface area contributed by atoms with Gasteiger partial charge in [-0.05, 0) is 31.0 Å². The minimum Gasteiger partial charge on any atom is -0.359 e. The Bertz CT molecular complexity index is 592. The summed E-state index contributed by atoms with van der Waals surface area (Å²) in [6.45, 7) is 6.30. The Morgan fingerprint density at radius 3 is 2.60 bits per heavy atom. The molecule has 2 rings (SSSR count). The van der Waals surface area contributed by atoms with E-state index in [1.165, 1.54) is 17.4 Å². The summed E-state index contributed by atoms with van der Waals surface area (Å²) < 4.78 is 38.7. The van der Waals surface area contributed by atoms with Gasteiger partial charge in [-0.3, -0.25) is 0 Å². The molecule has 0 radical (unpaired) electrons. The normalized spacial score (nSPS) is 15.3. The number of anilines is 1. The summed E-state index contributed by atoms with van der Waals surface area (Å²) in [5.74, 6) is 0.479. The SMILES string of the molecule is CCC(C)C(C)Nc1nc2cc(C(F)(F)F)ccc2s1. The lowest BCUT2D eigenvalue weighted by molar-refractivity contribution is -0.137. The van der Waals surface area contributed by atoms with Gasteiger partial charge in [0.2, 0.25) is 0 Å². The maximum atomic E-state index is 12.6. The average molecular weight is 302 g/mol. The molecule has 0 saturated carbocycles. The van der Waals surface area contributed by atoms with Crippen molar-refractivity contribution < 1.29 is 13.2 Å². The maximum absolute atomic E-state index is 12.6. The summed E-state index contributed by atoms with van der Waals surface area (Å²) in [4.78, 5) is 4.25. The zero-order valence-corrected chi connectivity index (χ0v) is 12.4. The number of fused-ring (bicyclic) bond motifs is 1. The van der Waals surface area contributed by atoms with Gasteiger partial charge in [0, 0.05) is 6.04 Å². The topological polar surface area (TPSA) is 24.9 Å². The molecule has 2 aromatic rings. The zero-order chi connectivity index (χ0) is 14.9. The standard InChI is InChI=1S/C14H17F3N2S/c1-4-8(2)9(3)18-13-19-11-7-10(14(15,16)17)5-6-12(11)20-13/h5-9H,4H2,1-3H3,(H,18,19). The van der Waals surface area contributed by atoms with E-state index in [1.807, 2.05) is 0 Å². The van der Waals surface area contributed by atoms with E-state index in [0.717, 1.165) is 23.3 Å². The highest BCUT2D eigenvalue weighted by atomic mass is 32.1. The Labute approximate surface area is 120 Å². The molecule has 0 bridgehead atoms. The second kappa shape index (κ2) is 5.60. The van der Waals surface area contributed by atoms with Crippen LogP contribution in [0.15, 0.2) is 18.2 Å². The van der Waals surface area contributed by atoms with E-state index in [0.29, 0.717) is 16.6 Å². The number of alkyl halides is 3. The number of halogens is 3. The lowest BCUT2D eigenvalue weighted by Gasteiger charge is -2.18. The zero-order valence-electron chi connectivity index (χ0n) is 11.6. The van der Waals surface area contributed by atoms with Crippen LogP contribution >= 0.6 is 11.3 Å². The Kier molecular flexibility index (Phi) is 4.22. The lowest BCUT2D eigenvalue weighted by atomic mass is 10.0. The van der Waals surface area contributed by atoms with Gasteiger partial charge in [-0.1, -0.05) is 31.6 Å². The first-order valence-electron chi connectivity index (χ1n) is 6.55. The van der Waals surface area contributed by atoms with E-state index in [1.54, 1.807) is 0 Å². The smallest absolute Gasteiger partial charge is 0.359 e. The third kappa shape index (κ3) is 3.23. The molecule has 2 unspecified atom stereocenters. The highest BCUT2D eigenvalue weighted by Crippen LogP contribution is 2.34. The summed E-state index contributed by atoms with van der Waals surface area (Å²) in [6.07, 6.45) is -3.29. The van der Waals surface area contributed by atoms with E-state index in [4.69, 9.17) is 0 Å². The summed E-state index contributed by atoms with van der Waals surface area (Å²) >= 11 is 1.38. The number of aromatic nitrogens is 1. The maximum Gasteiger partial charge on any atom is 0.416 e. The first-order chi connectivity index (χ1) is 9.31. The van der Waals surface area contributed by atoms with Crippen molar-refractivity contribution in [3.05, 3.63) is 23.8 Å². The second-order valence-electron chi connectivity index (χ2n) is 5.02. The highest BCUT2D eigenvalue weighted by Gasteiger charge is 2.30. The fourth-order valence-corrected chi connectivity index (χ4v) is 2.80. The van der Waals surface area contributed by atoms with Crippen LogP contribution < -0.4 is 5.32 Å². The molecular weight excluding hydrogens is 285 g/mol. The van der Waals surface area contributed by atoms with Crippen molar-refractivity contribution in [2.75, 3.05) is 5.32 Å². The van der Waals surface area contributed by atoms with Crippen molar-refractivity contribution in [2.24, 2.45) is 5.92 Å². The van der Waals surface area contributed by atoms with Crippen LogP contribution in [0.3, 0.4) is 0 Å². The molecule has 0 aliphatic rings. The van der Waals surface area contributed by atoms with E-state index < -0.39 is 11.7 Å². The van der Waals surface area contributed by atoms with Crippen molar-refractivity contribution in [1.82, 2.24) is 4.98 Å². The summed E-state index contributed by atoms with van der Waals surface area (Å²) in [7, 11) is 0. The number of rotatable bonds is 4. The van der Waals surface area contributed by atoms with Crippen molar-refractivity contribution in [2.45, 2.75) is 39.4 Å². The molecule has 1 aromatic heterocycles. The van der Waals surface area contributed by atoms with Crippen LogP contribution in [0.5, 0.6) is 0 Å². The minimum absolute atomic E-state index is 0.239. The molecule has 0 aliphatic heterocycles. The van der Waals surface area contributed by atoms with Crippen LogP contribution in [-0.4, -0.2) is 11.0 Å². The van der Waals surface area contributed by atoms with Crippen molar-refractivity contribution >= 4 is 26.7 Å². The quantitative estimate of drug-likeness (QED) is 0.843. The fraction of sp³-hybridized carbons (Fsp3) is 0.500.